The molecule has 0 aromatic heterocycles. The number of amides is 1. The lowest BCUT2D eigenvalue weighted by Gasteiger charge is -2.13. The molecule has 100 valence electrons. The fraction of sp³-hybridized carbons (Fsp3) is 0.417. The molecule has 0 aliphatic rings. The Morgan fingerprint density at radius 3 is 2.94 bits per heavy atom. The number of thioether (sulfide) groups is 1. The number of nitrogens with two attached hydrogens (primary N) is 1. The van der Waals surface area contributed by atoms with Crippen LogP contribution < -0.4 is 11.1 Å². The van der Waals surface area contributed by atoms with E-state index in [2.05, 4.69) is 5.32 Å². The van der Waals surface area contributed by atoms with Gasteiger partial charge in [0, 0.05) is 29.3 Å². The maximum atomic E-state index is 11.7. The van der Waals surface area contributed by atoms with Crippen molar-refractivity contribution in [2.45, 2.75) is 17.1 Å². The molecule has 1 rings (SSSR count). The second-order valence-corrected chi connectivity index (χ2v) is 5.55. The summed E-state index contributed by atoms with van der Waals surface area (Å²) in [6.07, 6.45) is 0. The molecule has 0 saturated carbocycles. The Labute approximate surface area is 116 Å². The van der Waals surface area contributed by atoms with Crippen LogP contribution in [-0.4, -0.2) is 31.4 Å². The van der Waals surface area contributed by atoms with E-state index in [9.17, 15) is 4.79 Å². The zero-order chi connectivity index (χ0) is 13.5. The van der Waals surface area contributed by atoms with Crippen LogP contribution in [-0.2, 0) is 9.53 Å². The molecular formula is C12H17ClN2O2S. The van der Waals surface area contributed by atoms with Gasteiger partial charge in [0.15, 0.2) is 0 Å². The molecular weight excluding hydrogens is 272 g/mol. The topological polar surface area (TPSA) is 64.3 Å². The van der Waals surface area contributed by atoms with Crippen LogP contribution in [0.3, 0.4) is 0 Å². The first-order valence-electron chi connectivity index (χ1n) is 5.53. The summed E-state index contributed by atoms with van der Waals surface area (Å²) in [6.45, 7) is 2.85. The molecule has 1 aromatic carbocycles. The minimum atomic E-state index is -0.217. The number of methoxy groups -OCH3 is 1. The molecule has 4 nitrogen and oxygen atoms in total. The van der Waals surface area contributed by atoms with Crippen molar-refractivity contribution in [1.82, 2.24) is 5.32 Å². The third kappa shape index (κ3) is 4.76. The first kappa shape index (κ1) is 15.1. The van der Waals surface area contributed by atoms with Gasteiger partial charge in [0.05, 0.1) is 11.9 Å². The molecule has 0 aliphatic heterocycles. The van der Waals surface area contributed by atoms with Gasteiger partial charge in [0.25, 0.3) is 0 Å². The van der Waals surface area contributed by atoms with E-state index < -0.39 is 0 Å². The number of anilines is 1. The molecule has 0 fully saturated rings. The molecule has 1 unspecified atom stereocenters. The van der Waals surface area contributed by atoms with E-state index in [4.69, 9.17) is 22.1 Å². The largest absolute Gasteiger partial charge is 0.398 e. The molecule has 1 aromatic rings. The summed E-state index contributed by atoms with van der Waals surface area (Å²) in [5, 5.41) is 3.16. The number of benzene rings is 1. The molecule has 18 heavy (non-hydrogen) atoms. The molecule has 6 heteroatoms. The fourth-order valence-electron chi connectivity index (χ4n) is 1.29. The van der Waals surface area contributed by atoms with E-state index >= 15 is 0 Å². The van der Waals surface area contributed by atoms with Gasteiger partial charge in [0.1, 0.15) is 0 Å². The van der Waals surface area contributed by atoms with Gasteiger partial charge in [-0.15, -0.1) is 11.8 Å². The van der Waals surface area contributed by atoms with Crippen LogP contribution in [0.2, 0.25) is 5.02 Å². The van der Waals surface area contributed by atoms with Gasteiger partial charge < -0.3 is 15.8 Å². The monoisotopic (exact) mass is 288 g/mol. The molecule has 0 saturated heterocycles. The first-order valence-corrected chi connectivity index (χ1v) is 6.78. The summed E-state index contributed by atoms with van der Waals surface area (Å²) >= 11 is 7.23. The smallest absolute Gasteiger partial charge is 0.233 e. The van der Waals surface area contributed by atoms with Crippen molar-refractivity contribution in [2.75, 3.05) is 26.0 Å². The summed E-state index contributed by atoms with van der Waals surface area (Å²) in [6, 6.07) is 5.26. The molecule has 3 N–H and O–H groups in total. The standard InChI is InChI=1S/C12H17ClN2O2S/c1-8(12(16)15-5-6-17-2)18-11-4-3-9(13)7-10(11)14/h3-4,7-8H,5-6,14H2,1-2H3,(H,15,16). The normalized spacial score (nSPS) is 12.2. The fourth-order valence-corrected chi connectivity index (χ4v) is 2.38. The predicted molar refractivity (Wildman–Crippen MR) is 76.1 cm³/mol. The zero-order valence-electron chi connectivity index (χ0n) is 10.4. The van der Waals surface area contributed by atoms with Gasteiger partial charge in [-0.05, 0) is 25.1 Å². The number of carbonyl (C=O) groups is 1. The van der Waals surface area contributed by atoms with Gasteiger partial charge >= 0.3 is 0 Å². The number of rotatable bonds is 6. The quantitative estimate of drug-likeness (QED) is 0.478. The van der Waals surface area contributed by atoms with Crippen molar-refractivity contribution in [1.29, 1.82) is 0 Å². The Morgan fingerprint density at radius 2 is 2.33 bits per heavy atom. The van der Waals surface area contributed by atoms with Gasteiger partial charge in [-0.3, -0.25) is 4.79 Å². The highest BCUT2D eigenvalue weighted by Gasteiger charge is 2.15. The average molecular weight is 289 g/mol. The van der Waals surface area contributed by atoms with E-state index in [0.29, 0.717) is 23.9 Å². The number of halogens is 1. The van der Waals surface area contributed by atoms with Crippen LogP contribution in [0.5, 0.6) is 0 Å². The van der Waals surface area contributed by atoms with Crippen molar-refractivity contribution < 1.29 is 9.53 Å². The van der Waals surface area contributed by atoms with Gasteiger partial charge in [0.2, 0.25) is 5.91 Å². The van der Waals surface area contributed by atoms with E-state index in [1.807, 2.05) is 13.0 Å². The lowest BCUT2D eigenvalue weighted by Crippen LogP contribution is -2.33. The lowest BCUT2D eigenvalue weighted by atomic mass is 10.3. The third-order valence-electron chi connectivity index (χ3n) is 2.25. The van der Waals surface area contributed by atoms with Gasteiger partial charge in [-0.2, -0.15) is 0 Å². The molecule has 0 aliphatic carbocycles. The van der Waals surface area contributed by atoms with Crippen molar-refractivity contribution >= 4 is 35.0 Å². The first-order chi connectivity index (χ1) is 8.54. The molecule has 0 bridgehead atoms. The third-order valence-corrected chi connectivity index (χ3v) is 3.68. The van der Waals surface area contributed by atoms with Crippen molar-refractivity contribution in [3.63, 3.8) is 0 Å². The summed E-state index contributed by atoms with van der Waals surface area (Å²) < 4.78 is 4.87. The molecule has 0 heterocycles. The van der Waals surface area contributed by atoms with Crippen molar-refractivity contribution in [2.24, 2.45) is 0 Å². The Bertz CT molecular complexity index is 415. The highest BCUT2D eigenvalue weighted by atomic mass is 35.5. The van der Waals surface area contributed by atoms with E-state index in [0.717, 1.165) is 4.90 Å². The summed E-state index contributed by atoms with van der Waals surface area (Å²) in [5.41, 5.74) is 6.42. The molecule has 0 radical (unpaired) electrons. The number of nitrogen functional groups attached to an aromatic ring is 1. The second kappa shape index (κ2) is 7.51. The highest BCUT2D eigenvalue weighted by molar-refractivity contribution is 8.00. The average Bonchev–Trinajstić information content (AvgIpc) is 2.32. The maximum Gasteiger partial charge on any atom is 0.233 e. The highest BCUT2D eigenvalue weighted by Crippen LogP contribution is 2.30. The van der Waals surface area contributed by atoms with Crippen molar-refractivity contribution in [3.05, 3.63) is 23.2 Å². The number of ether oxygens (including phenoxy) is 1. The van der Waals surface area contributed by atoms with Crippen LogP contribution in [0.15, 0.2) is 23.1 Å². The SMILES string of the molecule is COCCNC(=O)C(C)Sc1ccc(Cl)cc1N. The predicted octanol–water partition coefficient (Wildman–Crippen LogP) is 2.17. The van der Waals surface area contributed by atoms with Crippen molar-refractivity contribution in [3.8, 4) is 0 Å². The summed E-state index contributed by atoms with van der Waals surface area (Å²) in [4.78, 5) is 12.6. The van der Waals surface area contributed by atoms with E-state index in [1.54, 1.807) is 19.2 Å². The van der Waals surface area contributed by atoms with Crippen LogP contribution >= 0.6 is 23.4 Å². The number of hydrogen-bond donors (Lipinski definition) is 2. The number of hydrogen-bond acceptors (Lipinski definition) is 4. The zero-order valence-corrected chi connectivity index (χ0v) is 12.0. The van der Waals surface area contributed by atoms with Crippen LogP contribution in [0.1, 0.15) is 6.92 Å². The Hall–Kier alpha value is -0.910. The molecule has 1 amide bonds. The van der Waals surface area contributed by atoms with Gasteiger partial charge in [-0.25, -0.2) is 0 Å². The van der Waals surface area contributed by atoms with E-state index in [1.165, 1.54) is 11.8 Å². The van der Waals surface area contributed by atoms with Crippen LogP contribution in [0, 0.1) is 0 Å². The Balaban J connectivity index is 2.53. The molecule has 1 atom stereocenters. The summed E-state index contributed by atoms with van der Waals surface area (Å²) in [5.74, 6) is -0.0357. The number of carbonyl (C=O) groups excluding carboxylic acids is 1. The summed E-state index contributed by atoms with van der Waals surface area (Å²) in [7, 11) is 1.60. The van der Waals surface area contributed by atoms with E-state index in [-0.39, 0.29) is 11.2 Å². The van der Waals surface area contributed by atoms with Crippen LogP contribution in [0.4, 0.5) is 5.69 Å². The maximum absolute atomic E-state index is 11.7. The lowest BCUT2D eigenvalue weighted by molar-refractivity contribution is -0.120. The minimum absolute atomic E-state index is 0.0357. The molecule has 0 spiro atoms. The minimum Gasteiger partial charge on any atom is -0.398 e. The second-order valence-electron chi connectivity index (χ2n) is 3.73. The number of nitrogens with one attached hydrogen (secondary N) is 1. The Kier molecular flexibility index (Phi) is 6.32. The van der Waals surface area contributed by atoms with Crippen LogP contribution in [0.25, 0.3) is 0 Å². The van der Waals surface area contributed by atoms with Gasteiger partial charge in [-0.1, -0.05) is 11.6 Å². The Morgan fingerprint density at radius 1 is 1.61 bits per heavy atom.